The number of likely N-dealkylation sites (N-methyl/N-ethyl adjacent to an activating group) is 1. The Morgan fingerprint density at radius 2 is 2.13 bits per heavy atom. The molecule has 0 radical (unpaired) electrons. The third kappa shape index (κ3) is 4.34. The summed E-state index contributed by atoms with van der Waals surface area (Å²) in [6.07, 6.45) is 1.64. The Bertz CT molecular complexity index is 1240. The largest absolute Gasteiger partial charge is 0.325 e. The van der Waals surface area contributed by atoms with Gasteiger partial charge in [0.05, 0.1) is 11.1 Å². The van der Waals surface area contributed by atoms with Gasteiger partial charge in [-0.05, 0) is 30.7 Å². The van der Waals surface area contributed by atoms with Crippen molar-refractivity contribution in [3.8, 4) is 11.4 Å². The summed E-state index contributed by atoms with van der Waals surface area (Å²) in [7, 11) is -0.806. The lowest BCUT2D eigenvalue weighted by Gasteiger charge is -2.35. The standard InChI is InChI=1S/C18H18ClFN6O3S2/c1-25-17(21-9-22-25)10-5-16(30-8-10)14-7-15(26(2)31(28,29)24-14)18(27)23-11-3-4-13(20)12(19)6-11/h3-6,8-9,14-15,24H,7H2,1-2H3,(H,23,27)/t14-,15+/m1/s1. The highest BCUT2D eigenvalue weighted by Crippen LogP contribution is 2.34. The summed E-state index contributed by atoms with van der Waals surface area (Å²) in [5, 5.41) is 8.37. The van der Waals surface area contributed by atoms with Crippen LogP contribution in [-0.2, 0) is 22.1 Å². The molecule has 3 aromatic rings. The van der Waals surface area contributed by atoms with Gasteiger partial charge in [-0.15, -0.1) is 11.3 Å². The number of amides is 1. The molecule has 31 heavy (non-hydrogen) atoms. The molecule has 1 saturated heterocycles. The van der Waals surface area contributed by atoms with Gasteiger partial charge in [0.15, 0.2) is 5.82 Å². The van der Waals surface area contributed by atoms with Crippen LogP contribution in [0, 0.1) is 5.82 Å². The van der Waals surface area contributed by atoms with Gasteiger partial charge in [-0.2, -0.15) is 22.5 Å². The van der Waals surface area contributed by atoms with Crippen LogP contribution in [-0.4, -0.2) is 46.5 Å². The van der Waals surface area contributed by atoms with E-state index in [2.05, 4.69) is 20.1 Å². The maximum Gasteiger partial charge on any atom is 0.280 e. The first-order valence-corrected chi connectivity index (χ1v) is 11.8. The lowest BCUT2D eigenvalue weighted by Crippen LogP contribution is -2.55. The number of thiophene rings is 1. The topological polar surface area (TPSA) is 109 Å². The van der Waals surface area contributed by atoms with Crippen LogP contribution in [0.3, 0.4) is 0 Å². The SMILES string of the molecule is CN1[C@H](C(=O)Nc2ccc(F)c(Cl)c2)C[C@H](c2cc(-c3ncnn3C)cs2)NS1(=O)=O. The van der Waals surface area contributed by atoms with Crippen molar-refractivity contribution in [2.45, 2.75) is 18.5 Å². The van der Waals surface area contributed by atoms with Gasteiger partial charge in [-0.25, -0.2) is 14.1 Å². The number of halogens is 2. The summed E-state index contributed by atoms with van der Waals surface area (Å²) in [5.74, 6) is -0.496. The quantitative estimate of drug-likeness (QED) is 0.591. The molecule has 1 fully saturated rings. The Hall–Kier alpha value is -2.38. The molecule has 0 aliphatic carbocycles. The predicted molar refractivity (Wildman–Crippen MR) is 115 cm³/mol. The molecule has 9 nitrogen and oxygen atoms in total. The second kappa shape index (κ2) is 8.28. The fourth-order valence-electron chi connectivity index (χ4n) is 3.31. The minimum absolute atomic E-state index is 0.142. The van der Waals surface area contributed by atoms with E-state index in [9.17, 15) is 17.6 Å². The van der Waals surface area contributed by atoms with E-state index in [0.29, 0.717) is 5.82 Å². The molecule has 2 aromatic heterocycles. The highest BCUT2D eigenvalue weighted by Gasteiger charge is 2.41. The minimum atomic E-state index is -3.90. The van der Waals surface area contributed by atoms with Gasteiger partial charge in [0.2, 0.25) is 5.91 Å². The van der Waals surface area contributed by atoms with Gasteiger partial charge < -0.3 is 5.32 Å². The highest BCUT2D eigenvalue weighted by atomic mass is 35.5. The van der Waals surface area contributed by atoms with E-state index < -0.39 is 34.0 Å². The third-order valence-corrected chi connectivity index (χ3v) is 7.92. The smallest absolute Gasteiger partial charge is 0.280 e. The van der Waals surface area contributed by atoms with E-state index in [4.69, 9.17) is 11.6 Å². The van der Waals surface area contributed by atoms with Gasteiger partial charge in [0.25, 0.3) is 10.2 Å². The molecule has 0 spiro atoms. The molecule has 1 aliphatic rings. The second-order valence-electron chi connectivity index (χ2n) is 7.01. The van der Waals surface area contributed by atoms with Crippen LogP contribution < -0.4 is 10.0 Å². The lowest BCUT2D eigenvalue weighted by atomic mass is 10.0. The summed E-state index contributed by atoms with van der Waals surface area (Å²) < 4.78 is 43.9. The minimum Gasteiger partial charge on any atom is -0.325 e. The van der Waals surface area contributed by atoms with Crippen LogP contribution in [0.5, 0.6) is 0 Å². The molecule has 0 saturated carbocycles. The first-order valence-electron chi connectivity index (χ1n) is 9.09. The number of carbonyl (C=O) groups is 1. The van der Waals surface area contributed by atoms with Crippen molar-refractivity contribution in [3.63, 3.8) is 0 Å². The van der Waals surface area contributed by atoms with Crippen LogP contribution in [0.15, 0.2) is 36.0 Å². The molecule has 0 unspecified atom stereocenters. The monoisotopic (exact) mass is 484 g/mol. The first kappa shape index (κ1) is 21.8. The van der Waals surface area contributed by atoms with Gasteiger partial charge in [0, 0.05) is 35.6 Å². The Morgan fingerprint density at radius 3 is 2.81 bits per heavy atom. The normalized spacial score (nSPS) is 21.2. The summed E-state index contributed by atoms with van der Waals surface area (Å²) >= 11 is 7.13. The summed E-state index contributed by atoms with van der Waals surface area (Å²) in [6.45, 7) is 0. The number of nitrogens with one attached hydrogen (secondary N) is 2. The molecular weight excluding hydrogens is 467 g/mol. The third-order valence-electron chi connectivity index (χ3n) is 4.99. The Labute approximate surface area is 187 Å². The molecule has 1 amide bonds. The molecule has 3 heterocycles. The van der Waals surface area contributed by atoms with E-state index in [1.165, 1.54) is 36.8 Å². The van der Waals surface area contributed by atoms with Crippen LogP contribution in [0.4, 0.5) is 10.1 Å². The molecule has 2 atom stereocenters. The van der Waals surface area contributed by atoms with E-state index in [-0.39, 0.29) is 17.1 Å². The van der Waals surface area contributed by atoms with Crippen molar-refractivity contribution in [3.05, 3.63) is 51.7 Å². The molecule has 1 aromatic carbocycles. The first-order chi connectivity index (χ1) is 14.7. The summed E-state index contributed by atoms with van der Waals surface area (Å²) in [6, 6.07) is 4.03. The second-order valence-corrected chi connectivity index (χ2v) is 10.1. The molecule has 4 rings (SSSR count). The van der Waals surface area contributed by atoms with Gasteiger partial charge >= 0.3 is 0 Å². The number of hydrogen-bond acceptors (Lipinski definition) is 6. The lowest BCUT2D eigenvalue weighted by molar-refractivity contribution is -0.120. The average molecular weight is 485 g/mol. The number of hydrogen-bond donors (Lipinski definition) is 2. The van der Waals surface area contributed by atoms with Crippen molar-refractivity contribution >= 4 is 44.7 Å². The van der Waals surface area contributed by atoms with Crippen molar-refractivity contribution in [1.82, 2.24) is 23.8 Å². The number of aryl methyl sites for hydroxylation is 1. The predicted octanol–water partition coefficient (Wildman–Crippen LogP) is 2.55. The van der Waals surface area contributed by atoms with Crippen molar-refractivity contribution < 1.29 is 17.6 Å². The molecular formula is C18H18ClFN6O3S2. The zero-order valence-electron chi connectivity index (χ0n) is 16.4. The number of rotatable bonds is 4. The van der Waals surface area contributed by atoms with E-state index >= 15 is 0 Å². The number of nitrogens with zero attached hydrogens (tertiary/aromatic N) is 4. The van der Waals surface area contributed by atoms with Crippen molar-refractivity contribution in [2.75, 3.05) is 12.4 Å². The molecule has 1 aliphatic heterocycles. The van der Waals surface area contributed by atoms with Crippen molar-refractivity contribution in [1.29, 1.82) is 0 Å². The van der Waals surface area contributed by atoms with Crippen LogP contribution in [0.2, 0.25) is 5.02 Å². The Morgan fingerprint density at radius 1 is 1.35 bits per heavy atom. The number of aromatic nitrogens is 3. The number of benzene rings is 1. The Kier molecular flexibility index (Phi) is 5.83. The number of carbonyl (C=O) groups excluding carboxylic acids is 1. The van der Waals surface area contributed by atoms with E-state index in [0.717, 1.165) is 20.8 Å². The molecule has 0 bridgehead atoms. The van der Waals surface area contributed by atoms with Crippen LogP contribution in [0.25, 0.3) is 11.4 Å². The van der Waals surface area contributed by atoms with Gasteiger partial charge in [0.1, 0.15) is 18.2 Å². The summed E-state index contributed by atoms with van der Waals surface area (Å²) in [5.41, 5.74) is 1.08. The molecule has 2 N–H and O–H groups in total. The Balaban J connectivity index is 1.58. The zero-order valence-corrected chi connectivity index (χ0v) is 18.8. The molecule has 164 valence electrons. The van der Waals surface area contributed by atoms with Crippen LogP contribution >= 0.6 is 22.9 Å². The fraction of sp³-hybridized carbons (Fsp3) is 0.278. The average Bonchev–Trinajstić information content (AvgIpc) is 3.35. The maximum absolute atomic E-state index is 13.4. The highest BCUT2D eigenvalue weighted by molar-refractivity contribution is 7.87. The van der Waals surface area contributed by atoms with E-state index in [1.54, 1.807) is 11.7 Å². The number of anilines is 1. The maximum atomic E-state index is 13.4. The van der Waals surface area contributed by atoms with E-state index in [1.807, 2.05) is 11.4 Å². The zero-order chi connectivity index (χ0) is 22.3. The van der Waals surface area contributed by atoms with Gasteiger partial charge in [-0.3, -0.25) is 4.79 Å². The van der Waals surface area contributed by atoms with Crippen LogP contribution in [0.1, 0.15) is 17.3 Å². The summed E-state index contributed by atoms with van der Waals surface area (Å²) in [4.78, 5) is 17.8. The fourth-order valence-corrected chi connectivity index (χ4v) is 5.78. The van der Waals surface area contributed by atoms with Gasteiger partial charge in [-0.1, -0.05) is 11.6 Å². The molecule has 13 heteroatoms. The van der Waals surface area contributed by atoms with Crippen molar-refractivity contribution in [2.24, 2.45) is 7.05 Å².